The minimum atomic E-state index is -0.297. The molecule has 0 radical (unpaired) electrons. The molecule has 0 saturated heterocycles. The summed E-state index contributed by atoms with van der Waals surface area (Å²) in [6.07, 6.45) is 3.16. The Kier molecular flexibility index (Phi) is 8.72. The number of fused-ring (bicyclic) bond motifs is 1. The molecule has 0 saturated carbocycles. The summed E-state index contributed by atoms with van der Waals surface area (Å²) in [5, 5.41) is 5.52. The number of para-hydroxylation sites is 1. The molecule has 0 aliphatic carbocycles. The number of ether oxygens (including phenoxy) is 3. The van der Waals surface area contributed by atoms with Gasteiger partial charge in [0.2, 0.25) is 0 Å². The molecule has 4 rings (SSSR count). The second-order valence-corrected chi connectivity index (χ2v) is 9.67. The molecule has 7 nitrogen and oxygen atoms in total. The highest BCUT2D eigenvalue weighted by Gasteiger charge is 2.19. The first kappa shape index (κ1) is 27.9. The maximum atomic E-state index is 13.8. The van der Waals surface area contributed by atoms with Crippen LogP contribution in [-0.2, 0) is 0 Å². The van der Waals surface area contributed by atoms with E-state index in [1.807, 2.05) is 38.1 Å². The van der Waals surface area contributed by atoms with Gasteiger partial charge in [0.1, 0.15) is 12.4 Å². The highest BCUT2D eigenvalue weighted by molar-refractivity contribution is 6.31. The second-order valence-electron chi connectivity index (χ2n) is 9.23. The van der Waals surface area contributed by atoms with Gasteiger partial charge in [-0.3, -0.25) is 4.79 Å². The van der Waals surface area contributed by atoms with E-state index < -0.39 is 0 Å². The van der Waals surface area contributed by atoms with Crippen molar-refractivity contribution in [2.45, 2.75) is 33.6 Å². The van der Waals surface area contributed by atoms with Crippen LogP contribution in [-0.4, -0.2) is 36.2 Å². The van der Waals surface area contributed by atoms with Gasteiger partial charge in [0.05, 0.1) is 30.8 Å². The third-order valence-electron chi connectivity index (χ3n) is 6.20. The molecule has 3 aromatic carbocycles. The Bertz CT molecular complexity index is 1610. The summed E-state index contributed by atoms with van der Waals surface area (Å²) in [5.41, 5.74) is 3.55. The van der Waals surface area contributed by atoms with Crippen LogP contribution in [0.15, 0.2) is 71.1 Å². The van der Waals surface area contributed by atoms with Crippen LogP contribution in [0.3, 0.4) is 0 Å². The number of aromatic nitrogens is 2. The molecule has 8 heteroatoms. The SMILES string of the molecule is C=CCOc1c(C=Nn2c(-c3cc(C(C)C)c(OCC)cc3C)nc3ccccc3c2=O)cc(Cl)cc1OC. The van der Waals surface area contributed by atoms with Crippen molar-refractivity contribution in [3.05, 3.63) is 93.3 Å². The van der Waals surface area contributed by atoms with E-state index in [2.05, 4.69) is 25.5 Å². The molecule has 39 heavy (non-hydrogen) atoms. The summed E-state index contributed by atoms with van der Waals surface area (Å²) in [6, 6.07) is 14.6. The highest BCUT2D eigenvalue weighted by Crippen LogP contribution is 2.36. The maximum absolute atomic E-state index is 13.8. The van der Waals surface area contributed by atoms with Crippen LogP contribution in [0.1, 0.15) is 43.4 Å². The third kappa shape index (κ3) is 5.83. The molecule has 0 fully saturated rings. The lowest BCUT2D eigenvalue weighted by Gasteiger charge is -2.18. The van der Waals surface area contributed by atoms with Gasteiger partial charge in [0.15, 0.2) is 17.3 Å². The Morgan fingerprint density at radius 1 is 1.13 bits per heavy atom. The predicted molar refractivity (Wildman–Crippen MR) is 158 cm³/mol. The minimum absolute atomic E-state index is 0.193. The average Bonchev–Trinajstić information content (AvgIpc) is 2.91. The highest BCUT2D eigenvalue weighted by atomic mass is 35.5. The molecule has 1 aromatic heterocycles. The molecule has 4 aromatic rings. The van der Waals surface area contributed by atoms with Gasteiger partial charge in [-0.2, -0.15) is 9.78 Å². The van der Waals surface area contributed by atoms with Crippen LogP contribution < -0.4 is 19.8 Å². The number of rotatable bonds is 10. The Morgan fingerprint density at radius 2 is 1.90 bits per heavy atom. The molecule has 0 unspecified atom stereocenters. The summed E-state index contributed by atoms with van der Waals surface area (Å²) in [4.78, 5) is 18.7. The number of aryl methyl sites for hydroxylation is 1. The number of hydrogen-bond donors (Lipinski definition) is 0. The molecule has 0 N–H and O–H groups in total. The fourth-order valence-corrected chi connectivity index (χ4v) is 4.55. The molecule has 0 bridgehead atoms. The van der Waals surface area contributed by atoms with Crippen LogP contribution in [0.4, 0.5) is 0 Å². The maximum Gasteiger partial charge on any atom is 0.282 e. The zero-order valence-electron chi connectivity index (χ0n) is 22.8. The molecular formula is C31H32ClN3O4. The standard InChI is InChI=1S/C31H32ClN3O4/c1-7-13-39-29-21(15-22(32)16-28(29)37-6)18-33-35-30(34-26-12-10-9-11-23(26)31(35)36)25-17-24(19(3)4)27(38-8-2)14-20(25)5/h7,9-12,14-19H,1,8,13H2,2-6H3. The van der Waals surface area contributed by atoms with Gasteiger partial charge in [0, 0.05) is 22.2 Å². The average molecular weight is 546 g/mol. The molecular weight excluding hydrogens is 514 g/mol. The fourth-order valence-electron chi connectivity index (χ4n) is 4.33. The zero-order chi connectivity index (χ0) is 28.1. The molecule has 1 heterocycles. The lowest BCUT2D eigenvalue weighted by molar-refractivity contribution is 0.326. The van der Waals surface area contributed by atoms with E-state index >= 15 is 0 Å². The predicted octanol–water partition coefficient (Wildman–Crippen LogP) is 7.00. The van der Waals surface area contributed by atoms with Crippen molar-refractivity contribution < 1.29 is 14.2 Å². The Balaban J connectivity index is 1.98. The van der Waals surface area contributed by atoms with E-state index in [0.29, 0.717) is 45.4 Å². The second kappa shape index (κ2) is 12.2. The van der Waals surface area contributed by atoms with Crippen LogP contribution >= 0.6 is 11.6 Å². The molecule has 0 aliphatic rings. The van der Waals surface area contributed by atoms with Crippen LogP contribution in [0, 0.1) is 6.92 Å². The number of hydrogen-bond acceptors (Lipinski definition) is 6. The number of halogens is 1. The Labute approximate surface area is 233 Å². The van der Waals surface area contributed by atoms with E-state index in [-0.39, 0.29) is 18.1 Å². The van der Waals surface area contributed by atoms with Gasteiger partial charge in [0.25, 0.3) is 5.56 Å². The van der Waals surface area contributed by atoms with Gasteiger partial charge < -0.3 is 14.2 Å². The Morgan fingerprint density at radius 3 is 2.59 bits per heavy atom. The lowest BCUT2D eigenvalue weighted by Crippen LogP contribution is -2.21. The first-order valence-electron chi connectivity index (χ1n) is 12.7. The zero-order valence-corrected chi connectivity index (χ0v) is 23.6. The normalized spacial score (nSPS) is 11.4. The lowest BCUT2D eigenvalue weighted by atomic mass is 9.96. The van der Waals surface area contributed by atoms with E-state index in [0.717, 1.165) is 22.4 Å². The van der Waals surface area contributed by atoms with Crippen molar-refractivity contribution >= 4 is 28.7 Å². The van der Waals surface area contributed by atoms with Crippen molar-refractivity contribution in [2.75, 3.05) is 20.3 Å². The van der Waals surface area contributed by atoms with Crippen LogP contribution in [0.5, 0.6) is 17.2 Å². The number of nitrogens with zero attached hydrogens (tertiary/aromatic N) is 3. The van der Waals surface area contributed by atoms with Crippen LogP contribution in [0.25, 0.3) is 22.3 Å². The molecule has 0 atom stereocenters. The minimum Gasteiger partial charge on any atom is -0.494 e. The summed E-state index contributed by atoms with van der Waals surface area (Å²) in [5.74, 6) is 2.31. The first-order valence-corrected chi connectivity index (χ1v) is 13.1. The number of methoxy groups -OCH3 is 1. The van der Waals surface area contributed by atoms with Gasteiger partial charge in [-0.1, -0.05) is 50.2 Å². The van der Waals surface area contributed by atoms with Crippen molar-refractivity contribution in [2.24, 2.45) is 5.10 Å². The van der Waals surface area contributed by atoms with Crippen LogP contribution in [0.2, 0.25) is 5.02 Å². The van der Waals surface area contributed by atoms with Gasteiger partial charge >= 0.3 is 0 Å². The summed E-state index contributed by atoms with van der Waals surface area (Å²) in [7, 11) is 1.53. The van der Waals surface area contributed by atoms with E-state index in [1.165, 1.54) is 18.0 Å². The van der Waals surface area contributed by atoms with Gasteiger partial charge in [-0.25, -0.2) is 4.98 Å². The Hall–Kier alpha value is -4.10. The summed E-state index contributed by atoms with van der Waals surface area (Å²) < 4.78 is 18.6. The van der Waals surface area contributed by atoms with E-state index in [4.69, 9.17) is 30.8 Å². The van der Waals surface area contributed by atoms with Crippen molar-refractivity contribution in [3.63, 3.8) is 0 Å². The van der Waals surface area contributed by atoms with Gasteiger partial charge in [-0.15, -0.1) is 0 Å². The number of benzene rings is 3. The third-order valence-corrected chi connectivity index (χ3v) is 6.42. The van der Waals surface area contributed by atoms with E-state index in [1.54, 1.807) is 30.3 Å². The van der Waals surface area contributed by atoms with Gasteiger partial charge in [-0.05, 0) is 61.2 Å². The summed E-state index contributed by atoms with van der Waals surface area (Å²) in [6.45, 7) is 12.7. The summed E-state index contributed by atoms with van der Waals surface area (Å²) >= 11 is 6.35. The van der Waals surface area contributed by atoms with Crippen molar-refractivity contribution in [3.8, 4) is 28.6 Å². The largest absolute Gasteiger partial charge is 0.494 e. The quantitative estimate of drug-likeness (QED) is 0.158. The fraction of sp³-hybridized carbons (Fsp3) is 0.258. The molecule has 202 valence electrons. The van der Waals surface area contributed by atoms with Crippen molar-refractivity contribution in [1.82, 2.24) is 9.66 Å². The monoisotopic (exact) mass is 545 g/mol. The topological polar surface area (TPSA) is 74.9 Å². The van der Waals surface area contributed by atoms with E-state index in [9.17, 15) is 4.79 Å². The molecule has 0 amide bonds. The first-order chi connectivity index (χ1) is 18.8. The smallest absolute Gasteiger partial charge is 0.282 e. The van der Waals surface area contributed by atoms with Crippen molar-refractivity contribution in [1.29, 1.82) is 0 Å². The molecule has 0 spiro atoms. The molecule has 0 aliphatic heterocycles.